The quantitative estimate of drug-likeness (QED) is 0.532. The van der Waals surface area contributed by atoms with Crippen LogP contribution in [0.5, 0.6) is 11.5 Å². The summed E-state index contributed by atoms with van der Waals surface area (Å²) in [5.41, 5.74) is 4.46. The Balaban J connectivity index is 1.53. The Hall–Kier alpha value is -3.91. The molecule has 4 aromatic rings. The van der Waals surface area contributed by atoms with E-state index in [0.29, 0.717) is 22.7 Å². The second-order valence-corrected chi connectivity index (χ2v) is 6.76. The number of carbonyl (C=O) groups excluding carboxylic acids is 1. The Kier molecular flexibility index (Phi) is 4.53. The van der Waals surface area contributed by atoms with Crippen LogP contribution in [0.2, 0.25) is 0 Å². The van der Waals surface area contributed by atoms with E-state index in [1.807, 2.05) is 42.5 Å². The summed E-state index contributed by atoms with van der Waals surface area (Å²) in [5, 5.41) is 16.3. The van der Waals surface area contributed by atoms with E-state index in [-0.39, 0.29) is 25.9 Å². The largest absolute Gasteiger partial charge is 0.454 e. The molecule has 0 atom stereocenters. The zero-order valence-electron chi connectivity index (χ0n) is 15.9. The molecular weight excluding hydrogens is 384 g/mol. The molecule has 8 heteroatoms. The Labute approximate surface area is 171 Å². The van der Waals surface area contributed by atoms with Crippen molar-refractivity contribution in [2.45, 2.75) is 0 Å². The van der Waals surface area contributed by atoms with Crippen molar-refractivity contribution in [3.05, 3.63) is 66.4 Å². The van der Waals surface area contributed by atoms with Crippen molar-refractivity contribution in [3.63, 3.8) is 0 Å². The van der Waals surface area contributed by atoms with Gasteiger partial charge >= 0.3 is 0 Å². The third kappa shape index (κ3) is 3.23. The minimum Gasteiger partial charge on any atom is -0.454 e. The highest BCUT2D eigenvalue weighted by Gasteiger charge is 2.16. The van der Waals surface area contributed by atoms with Gasteiger partial charge in [0.15, 0.2) is 17.1 Å². The van der Waals surface area contributed by atoms with Gasteiger partial charge in [-0.05, 0) is 42.5 Å². The lowest BCUT2D eigenvalue weighted by molar-refractivity contribution is 0.0945. The molecule has 1 amide bonds. The van der Waals surface area contributed by atoms with Crippen molar-refractivity contribution in [1.29, 1.82) is 0 Å². The number of hydrogen-bond acceptors (Lipinski definition) is 6. The molecule has 2 aromatic heterocycles. The Bertz CT molecular complexity index is 1250. The molecule has 0 saturated carbocycles. The lowest BCUT2D eigenvalue weighted by atomic mass is 10.1. The highest BCUT2D eigenvalue weighted by atomic mass is 16.7. The number of aliphatic hydroxyl groups is 1. The Morgan fingerprint density at radius 3 is 2.87 bits per heavy atom. The summed E-state index contributed by atoms with van der Waals surface area (Å²) in [6, 6.07) is 16.7. The highest BCUT2D eigenvalue weighted by Crippen LogP contribution is 2.36. The normalized spacial score (nSPS) is 12.3. The molecule has 0 spiro atoms. The van der Waals surface area contributed by atoms with Crippen LogP contribution < -0.4 is 14.8 Å². The summed E-state index contributed by atoms with van der Waals surface area (Å²) < 4.78 is 12.6. The topological polar surface area (TPSA) is 98.0 Å². The average Bonchev–Trinajstić information content (AvgIpc) is 3.43. The lowest BCUT2D eigenvalue weighted by Gasteiger charge is -2.07. The van der Waals surface area contributed by atoms with Gasteiger partial charge in [-0.2, -0.15) is 5.10 Å². The standard InChI is InChI=1S/C22H18N4O4/c27-9-8-23-22(28)16-3-1-2-14(10-16)17-5-7-21-24-12-18(26(21)25-17)15-4-6-19-20(11-15)30-13-29-19/h1-7,10-12,27H,8-9,13H2,(H,23,28). The maximum absolute atomic E-state index is 12.2. The first-order valence-electron chi connectivity index (χ1n) is 9.47. The molecule has 0 radical (unpaired) electrons. The first-order chi connectivity index (χ1) is 14.7. The van der Waals surface area contributed by atoms with Crippen molar-refractivity contribution in [3.8, 4) is 34.0 Å². The molecule has 5 rings (SSSR count). The average molecular weight is 402 g/mol. The smallest absolute Gasteiger partial charge is 0.251 e. The first-order valence-corrected chi connectivity index (χ1v) is 9.47. The van der Waals surface area contributed by atoms with Gasteiger partial charge in [0.25, 0.3) is 5.91 Å². The van der Waals surface area contributed by atoms with E-state index < -0.39 is 0 Å². The minimum atomic E-state index is -0.240. The van der Waals surface area contributed by atoms with Crippen LogP contribution in [-0.2, 0) is 0 Å². The first kappa shape index (κ1) is 18.1. The third-order valence-electron chi connectivity index (χ3n) is 4.85. The van der Waals surface area contributed by atoms with E-state index in [1.165, 1.54) is 0 Å². The molecule has 0 fully saturated rings. The van der Waals surface area contributed by atoms with E-state index in [2.05, 4.69) is 10.3 Å². The van der Waals surface area contributed by atoms with Crippen molar-refractivity contribution < 1.29 is 19.4 Å². The fourth-order valence-electron chi connectivity index (χ4n) is 3.37. The predicted octanol–water partition coefficient (Wildman–Crippen LogP) is 2.51. The van der Waals surface area contributed by atoms with Gasteiger partial charge in [0.2, 0.25) is 6.79 Å². The van der Waals surface area contributed by atoms with Crippen molar-refractivity contribution >= 4 is 11.6 Å². The van der Waals surface area contributed by atoms with E-state index >= 15 is 0 Å². The van der Waals surface area contributed by atoms with Gasteiger partial charge in [0, 0.05) is 23.2 Å². The van der Waals surface area contributed by atoms with Gasteiger partial charge in [0.05, 0.1) is 24.2 Å². The fourth-order valence-corrected chi connectivity index (χ4v) is 3.37. The molecule has 0 aliphatic carbocycles. The number of nitrogens with zero attached hydrogens (tertiary/aromatic N) is 3. The van der Waals surface area contributed by atoms with Crippen LogP contribution in [0.1, 0.15) is 10.4 Å². The number of fused-ring (bicyclic) bond motifs is 2. The van der Waals surface area contributed by atoms with Gasteiger partial charge in [-0.3, -0.25) is 4.79 Å². The second-order valence-electron chi connectivity index (χ2n) is 6.76. The monoisotopic (exact) mass is 402 g/mol. The van der Waals surface area contributed by atoms with Crippen LogP contribution in [0.15, 0.2) is 60.8 Å². The zero-order chi connectivity index (χ0) is 20.5. The number of carbonyl (C=O) groups is 1. The SMILES string of the molecule is O=C(NCCO)c1cccc(-c2ccc3ncc(-c4ccc5c(c4)OCO5)n3n2)c1. The van der Waals surface area contributed by atoms with Gasteiger partial charge < -0.3 is 19.9 Å². The number of rotatable bonds is 5. The van der Waals surface area contributed by atoms with Crippen molar-refractivity contribution in [2.24, 2.45) is 0 Å². The van der Waals surface area contributed by atoms with Crippen LogP contribution in [-0.4, -0.2) is 45.6 Å². The van der Waals surface area contributed by atoms with Crippen LogP contribution >= 0.6 is 0 Å². The number of aromatic nitrogens is 3. The molecule has 1 aliphatic heterocycles. The van der Waals surface area contributed by atoms with Gasteiger partial charge in [-0.1, -0.05) is 12.1 Å². The molecule has 1 aliphatic rings. The zero-order valence-corrected chi connectivity index (χ0v) is 15.9. The summed E-state index contributed by atoms with van der Waals surface area (Å²) >= 11 is 0. The van der Waals surface area contributed by atoms with Crippen LogP contribution in [0, 0.1) is 0 Å². The maximum Gasteiger partial charge on any atom is 0.251 e. The molecule has 150 valence electrons. The van der Waals surface area contributed by atoms with Crippen LogP contribution in [0.3, 0.4) is 0 Å². The number of nitrogens with one attached hydrogen (secondary N) is 1. The summed E-state index contributed by atoms with van der Waals surface area (Å²) in [7, 11) is 0. The van der Waals surface area contributed by atoms with Gasteiger partial charge in [-0.15, -0.1) is 0 Å². The van der Waals surface area contributed by atoms with E-state index in [4.69, 9.17) is 19.7 Å². The van der Waals surface area contributed by atoms with E-state index in [9.17, 15) is 4.79 Å². The highest BCUT2D eigenvalue weighted by molar-refractivity contribution is 5.95. The summed E-state index contributed by atoms with van der Waals surface area (Å²) in [4.78, 5) is 16.7. The number of hydrogen-bond donors (Lipinski definition) is 2. The van der Waals surface area contributed by atoms with Crippen LogP contribution in [0.4, 0.5) is 0 Å². The van der Waals surface area contributed by atoms with Crippen molar-refractivity contribution in [2.75, 3.05) is 19.9 Å². The number of amides is 1. The predicted molar refractivity (Wildman–Crippen MR) is 109 cm³/mol. The summed E-state index contributed by atoms with van der Waals surface area (Å²) in [6.07, 6.45) is 1.77. The molecule has 3 heterocycles. The van der Waals surface area contributed by atoms with E-state index in [1.54, 1.807) is 22.8 Å². The lowest BCUT2D eigenvalue weighted by Crippen LogP contribution is -2.26. The molecule has 2 N–H and O–H groups in total. The summed E-state index contributed by atoms with van der Waals surface area (Å²) in [6.45, 7) is 0.324. The van der Waals surface area contributed by atoms with Gasteiger partial charge in [0.1, 0.15) is 0 Å². The maximum atomic E-state index is 12.2. The molecular formula is C22H18N4O4. The molecule has 0 bridgehead atoms. The molecule has 30 heavy (non-hydrogen) atoms. The Morgan fingerprint density at radius 1 is 1.07 bits per heavy atom. The van der Waals surface area contributed by atoms with Gasteiger partial charge in [-0.25, -0.2) is 9.50 Å². The number of benzene rings is 2. The van der Waals surface area contributed by atoms with Crippen molar-refractivity contribution in [1.82, 2.24) is 19.9 Å². The number of aliphatic hydroxyl groups excluding tert-OH is 1. The summed E-state index contributed by atoms with van der Waals surface area (Å²) in [5.74, 6) is 1.17. The number of ether oxygens (including phenoxy) is 2. The fraction of sp³-hybridized carbons (Fsp3) is 0.136. The second kappa shape index (κ2) is 7.49. The minimum absolute atomic E-state index is 0.104. The molecule has 0 unspecified atom stereocenters. The molecule has 8 nitrogen and oxygen atoms in total. The molecule has 2 aromatic carbocycles. The van der Waals surface area contributed by atoms with Crippen LogP contribution in [0.25, 0.3) is 28.2 Å². The third-order valence-corrected chi connectivity index (χ3v) is 4.85. The Morgan fingerprint density at radius 2 is 1.97 bits per heavy atom. The number of imidazole rings is 1. The van der Waals surface area contributed by atoms with E-state index in [0.717, 1.165) is 22.6 Å². The molecule has 0 saturated heterocycles.